The number of allylic oxidation sites excluding steroid dienone is 1. The molecule has 0 atom stereocenters. The Morgan fingerprint density at radius 1 is 1.17 bits per heavy atom. The Labute approximate surface area is 181 Å². The summed E-state index contributed by atoms with van der Waals surface area (Å²) in [4.78, 5) is 12.5. The van der Waals surface area contributed by atoms with E-state index in [1.54, 1.807) is 30.1 Å². The van der Waals surface area contributed by atoms with Gasteiger partial charge in [-0.05, 0) is 67.8 Å². The summed E-state index contributed by atoms with van der Waals surface area (Å²) in [7, 11) is 3.44. The number of hydrogen-bond acceptors (Lipinski definition) is 4. The maximum atomic E-state index is 12.5. The Kier molecular flexibility index (Phi) is 6.63. The van der Waals surface area contributed by atoms with Crippen molar-refractivity contribution >= 4 is 23.5 Å². The summed E-state index contributed by atoms with van der Waals surface area (Å²) in [5.74, 6) is 1.39. The number of hydrogen-bond donors (Lipinski definition) is 0. The van der Waals surface area contributed by atoms with E-state index in [4.69, 9.17) is 21.1 Å². The van der Waals surface area contributed by atoms with Gasteiger partial charge in [0.05, 0.1) is 18.9 Å². The molecule has 0 aliphatic rings. The van der Waals surface area contributed by atoms with Gasteiger partial charge in [-0.3, -0.25) is 9.48 Å². The molecule has 0 radical (unpaired) electrons. The zero-order valence-electron chi connectivity index (χ0n) is 17.8. The topological polar surface area (TPSA) is 53.3 Å². The molecule has 0 amide bonds. The van der Waals surface area contributed by atoms with Crippen molar-refractivity contribution in [1.82, 2.24) is 9.78 Å². The third-order valence-corrected chi connectivity index (χ3v) is 5.63. The number of aromatic nitrogens is 2. The van der Waals surface area contributed by atoms with Crippen LogP contribution < -0.4 is 9.47 Å². The first-order valence-corrected chi connectivity index (χ1v) is 9.95. The lowest BCUT2D eigenvalue weighted by molar-refractivity contribution is 0.104. The minimum atomic E-state index is -0.0821. The van der Waals surface area contributed by atoms with Crippen LogP contribution in [0, 0.1) is 20.8 Å². The van der Waals surface area contributed by atoms with Gasteiger partial charge < -0.3 is 9.47 Å². The van der Waals surface area contributed by atoms with Gasteiger partial charge in [0, 0.05) is 23.3 Å². The SMILES string of the molecule is COc1ccc(/C=C/C(=O)c2cnn(C)c2C)cc1COc1cc(C)c(Cl)c(C)c1. The lowest BCUT2D eigenvalue weighted by Gasteiger charge is -2.13. The lowest BCUT2D eigenvalue weighted by Crippen LogP contribution is -2.00. The van der Waals surface area contributed by atoms with Gasteiger partial charge in [-0.15, -0.1) is 0 Å². The number of rotatable bonds is 7. The van der Waals surface area contributed by atoms with Crippen LogP contribution in [-0.4, -0.2) is 22.7 Å². The van der Waals surface area contributed by atoms with Crippen molar-refractivity contribution in [2.24, 2.45) is 7.05 Å². The van der Waals surface area contributed by atoms with Gasteiger partial charge in [0.15, 0.2) is 5.78 Å². The van der Waals surface area contributed by atoms with Crippen LogP contribution in [0.25, 0.3) is 6.08 Å². The molecular formula is C24H25ClN2O3. The molecule has 2 aromatic carbocycles. The highest BCUT2D eigenvalue weighted by Crippen LogP contribution is 2.28. The maximum absolute atomic E-state index is 12.5. The number of benzene rings is 2. The molecule has 5 nitrogen and oxygen atoms in total. The third kappa shape index (κ3) is 4.74. The van der Waals surface area contributed by atoms with Gasteiger partial charge in [0.1, 0.15) is 18.1 Å². The second kappa shape index (κ2) is 9.18. The maximum Gasteiger partial charge on any atom is 0.189 e. The number of carbonyl (C=O) groups is 1. The molecule has 6 heteroatoms. The summed E-state index contributed by atoms with van der Waals surface area (Å²) < 4.78 is 13.1. The highest BCUT2D eigenvalue weighted by molar-refractivity contribution is 6.32. The van der Waals surface area contributed by atoms with Crippen molar-refractivity contribution in [2.45, 2.75) is 27.4 Å². The molecular weight excluding hydrogens is 400 g/mol. The van der Waals surface area contributed by atoms with Crippen LogP contribution in [-0.2, 0) is 13.7 Å². The van der Waals surface area contributed by atoms with Crippen molar-refractivity contribution in [2.75, 3.05) is 7.11 Å². The number of ketones is 1. The van der Waals surface area contributed by atoms with Gasteiger partial charge >= 0.3 is 0 Å². The quantitative estimate of drug-likeness (QED) is 0.372. The molecule has 0 saturated heterocycles. The van der Waals surface area contributed by atoms with Crippen molar-refractivity contribution in [1.29, 1.82) is 0 Å². The monoisotopic (exact) mass is 424 g/mol. The van der Waals surface area contributed by atoms with E-state index in [-0.39, 0.29) is 5.78 Å². The van der Waals surface area contributed by atoms with Crippen LogP contribution in [0.1, 0.15) is 38.3 Å². The van der Waals surface area contributed by atoms with Gasteiger partial charge in [-0.1, -0.05) is 23.7 Å². The first-order valence-electron chi connectivity index (χ1n) is 9.57. The average molecular weight is 425 g/mol. The predicted molar refractivity (Wildman–Crippen MR) is 120 cm³/mol. The van der Waals surface area contributed by atoms with Gasteiger partial charge in [-0.2, -0.15) is 5.10 Å². The van der Waals surface area contributed by atoms with Crippen LogP contribution in [0.4, 0.5) is 0 Å². The van der Waals surface area contributed by atoms with E-state index in [2.05, 4.69) is 5.10 Å². The first kappa shape index (κ1) is 21.7. The molecule has 0 unspecified atom stereocenters. The molecule has 3 aromatic rings. The zero-order valence-corrected chi connectivity index (χ0v) is 18.6. The van der Waals surface area contributed by atoms with E-state index < -0.39 is 0 Å². The zero-order chi connectivity index (χ0) is 21.8. The second-order valence-corrected chi connectivity index (χ2v) is 7.57. The van der Waals surface area contributed by atoms with E-state index in [0.717, 1.165) is 44.5 Å². The fourth-order valence-corrected chi connectivity index (χ4v) is 3.28. The van der Waals surface area contributed by atoms with Crippen molar-refractivity contribution in [3.8, 4) is 11.5 Å². The standard InChI is InChI=1S/C24H25ClN2O3/c1-15-10-20(11-16(2)24(15)25)30-14-19-12-18(7-9-23(19)29-5)6-8-22(28)21-13-26-27(4)17(21)3/h6-13H,14H2,1-5H3/b8-6+. The normalized spacial score (nSPS) is 11.1. The van der Waals surface area contributed by atoms with E-state index in [1.165, 1.54) is 0 Å². The summed E-state index contributed by atoms with van der Waals surface area (Å²) in [6.07, 6.45) is 4.93. The van der Waals surface area contributed by atoms with Crippen LogP contribution in [0.3, 0.4) is 0 Å². The number of aryl methyl sites for hydroxylation is 3. The predicted octanol–water partition coefficient (Wildman–Crippen LogP) is 5.48. The molecule has 0 bridgehead atoms. The Hall–Kier alpha value is -3.05. The van der Waals surface area contributed by atoms with Crippen LogP contribution in [0.2, 0.25) is 5.02 Å². The molecule has 0 aliphatic carbocycles. The molecule has 1 aromatic heterocycles. The molecule has 0 spiro atoms. The molecule has 0 fully saturated rings. The van der Waals surface area contributed by atoms with E-state index >= 15 is 0 Å². The summed E-state index contributed by atoms with van der Waals surface area (Å²) in [5, 5.41) is 4.87. The minimum Gasteiger partial charge on any atom is -0.496 e. The number of ether oxygens (including phenoxy) is 2. The summed E-state index contributed by atoms with van der Waals surface area (Å²) in [6.45, 7) is 6.11. The molecule has 1 heterocycles. The minimum absolute atomic E-state index is 0.0821. The molecule has 0 saturated carbocycles. The molecule has 3 rings (SSSR count). The van der Waals surface area contributed by atoms with Crippen LogP contribution in [0.15, 0.2) is 42.6 Å². The van der Waals surface area contributed by atoms with Crippen molar-refractivity contribution in [3.05, 3.63) is 81.1 Å². The van der Waals surface area contributed by atoms with Crippen molar-refractivity contribution in [3.63, 3.8) is 0 Å². The van der Waals surface area contributed by atoms with Crippen LogP contribution in [0.5, 0.6) is 11.5 Å². The molecule has 0 aliphatic heterocycles. The fraction of sp³-hybridized carbons (Fsp3) is 0.250. The van der Waals surface area contributed by atoms with Gasteiger partial charge in [0.2, 0.25) is 0 Å². The Morgan fingerprint density at radius 2 is 1.87 bits per heavy atom. The molecule has 30 heavy (non-hydrogen) atoms. The van der Waals surface area contributed by atoms with Gasteiger partial charge in [-0.25, -0.2) is 0 Å². The largest absolute Gasteiger partial charge is 0.496 e. The van der Waals surface area contributed by atoms with Crippen molar-refractivity contribution < 1.29 is 14.3 Å². The van der Waals surface area contributed by atoms with E-state index in [1.807, 2.05) is 58.2 Å². The first-order chi connectivity index (χ1) is 14.3. The lowest BCUT2D eigenvalue weighted by atomic mass is 10.1. The Bertz CT molecular complexity index is 1090. The van der Waals surface area contributed by atoms with E-state index in [0.29, 0.717) is 12.2 Å². The second-order valence-electron chi connectivity index (χ2n) is 7.20. The van der Waals surface area contributed by atoms with E-state index in [9.17, 15) is 4.79 Å². The fourth-order valence-electron chi connectivity index (χ4n) is 3.17. The smallest absolute Gasteiger partial charge is 0.189 e. The summed E-state index contributed by atoms with van der Waals surface area (Å²) in [5.41, 5.74) is 5.14. The number of carbonyl (C=O) groups excluding carboxylic acids is 1. The Morgan fingerprint density at radius 3 is 2.47 bits per heavy atom. The summed E-state index contributed by atoms with van der Waals surface area (Å²) >= 11 is 6.23. The average Bonchev–Trinajstić information content (AvgIpc) is 3.07. The van der Waals surface area contributed by atoms with Crippen LogP contribution >= 0.6 is 11.6 Å². The number of halogens is 1. The molecule has 0 N–H and O–H groups in total. The Balaban J connectivity index is 1.78. The highest BCUT2D eigenvalue weighted by atomic mass is 35.5. The molecule has 156 valence electrons. The number of nitrogens with zero attached hydrogens (tertiary/aromatic N) is 2. The third-order valence-electron chi connectivity index (χ3n) is 5.04. The summed E-state index contributed by atoms with van der Waals surface area (Å²) in [6, 6.07) is 9.56. The number of methoxy groups -OCH3 is 1. The van der Waals surface area contributed by atoms with Gasteiger partial charge in [0.25, 0.3) is 0 Å². The highest BCUT2D eigenvalue weighted by Gasteiger charge is 2.11.